The first kappa shape index (κ1) is 12.5. The van der Waals surface area contributed by atoms with Crippen molar-refractivity contribution in [3.8, 4) is 12.3 Å². The normalized spacial score (nSPS) is 15.4. The highest BCUT2D eigenvalue weighted by Crippen LogP contribution is 2.07. The fourth-order valence-electron chi connectivity index (χ4n) is 1.29. The van der Waals surface area contributed by atoms with Gasteiger partial charge in [0.2, 0.25) is 0 Å². The average molecular weight is 181 g/mol. The summed E-state index contributed by atoms with van der Waals surface area (Å²) in [6.07, 6.45) is 8.88. The molecule has 0 rings (SSSR count). The third-order valence-electron chi connectivity index (χ3n) is 2.27. The molecule has 0 amide bonds. The Hall–Kier alpha value is -0.480. The molecule has 0 bridgehead atoms. The van der Waals surface area contributed by atoms with Crippen molar-refractivity contribution >= 4 is 0 Å². The molecule has 2 atom stereocenters. The van der Waals surface area contributed by atoms with E-state index in [9.17, 15) is 0 Å². The summed E-state index contributed by atoms with van der Waals surface area (Å²) in [5.74, 6) is 3.55. The zero-order valence-electron chi connectivity index (χ0n) is 9.43. The van der Waals surface area contributed by atoms with Crippen LogP contribution in [0.3, 0.4) is 0 Å². The Labute approximate surface area is 83.3 Å². The summed E-state index contributed by atoms with van der Waals surface area (Å²) in [6.45, 7) is 8.84. The van der Waals surface area contributed by atoms with Crippen molar-refractivity contribution in [3.05, 3.63) is 0 Å². The van der Waals surface area contributed by atoms with Gasteiger partial charge in [0.1, 0.15) is 0 Å². The summed E-state index contributed by atoms with van der Waals surface area (Å²) < 4.78 is 0. The van der Waals surface area contributed by atoms with Crippen molar-refractivity contribution in [1.82, 2.24) is 5.32 Å². The second-order valence-corrected chi connectivity index (χ2v) is 4.17. The van der Waals surface area contributed by atoms with Crippen molar-refractivity contribution in [2.75, 3.05) is 0 Å². The van der Waals surface area contributed by atoms with Crippen LogP contribution in [0.5, 0.6) is 0 Å². The quantitative estimate of drug-likeness (QED) is 0.621. The fraction of sp³-hybridized carbons (Fsp3) is 0.833. The van der Waals surface area contributed by atoms with Crippen molar-refractivity contribution in [2.24, 2.45) is 5.92 Å². The monoisotopic (exact) mass is 181 g/mol. The van der Waals surface area contributed by atoms with Gasteiger partial charge in [0.25, 0.3) is 0 Å². The van der Waals surface area contributed by atoms with E-state index in [0.29, 0.717) is 6.04 Å². The van der Waals surface area contributed by atoms with Crippen molar-refractivity contribution in [2.45, 2.75) is 59.0 Å². The van der Waals surface area contributed by atoms with E-state index in [1.165, 1.54) is 12.8 Å². The highest BCUT2D eigenvalue weighted by Gasteiger charge is 2.07. The standard InChI is InChI=1S/C12H23N/c1-6-12(7-2)13-11(5)9-8-10(3)4/h1,10-13H,7-9H2,2-5H3. The van der Waals surface area contributed by atoms with E-state index in [0.717, 1.165) is 12.3 Å². The molecule has 0 radical (unpaired) electrons. The van der Waals surface area contributed by atoms with Gasteiger partial charge in [-0.2, -0.15) is 0 Å². The average Bonchev–Trinajstić information content (AvgIpc) is 2.10. The fourth-order valence-corrected chi connectivity index (χ4v) is 1.29. The highest BCUT2D eigenvalue weighted by atomic mass is 14.9. The van der Waals surface area contributed by atoms with Crippen LogP contribution in [0, 0.1) is 18.3 Å². The predicted octanol–water partition coefficient (Wildman–Crippen LogP) is 2.81. The number of hydrogen-bond donors (Lipinski definition) is 1. The van der Waals surface area contributed by atoms with Gasteiger partial charge in [-0.3, -0.25) is 0 Å². The highest BCUT2D eigenvalue weighted by molar-refractivity contribution is 4.98. The number of rotatable bonds is 6. The largest absolute Gasteiger partial charge is 0.301 e. The van der Waals surface area contributed by atoms with Crippen LogP contribution in [0.25, 0.3) is 0 Å². The number of hydrogen-bond acceptors (Lipinski definition) is 1. The molecule has 13 heavy (non-hydrogen) atoms. The van der Waals surface area contributed by atoms with Gasteiger partial charge in [-0.05, 0) is 32.1 Å². The van der Waals surface area contributed by atoms with Gasteiger partial charge in [0.05, 0.1) is 6.04 Å². The Balaban J connectivity index is 3.61. The van der Waals surface area contributed by atoms with Crippen LogP contribution < -0.4 is 5.32 Å². The van der Waals surface area contributed by atoms with Gasteiger partial charge in [-0.25, -0.2) is 0 Å². The first-order valence-electron chi connectivity index (χ1n) is 5.32. The smallest absolute Gasteiger partial charge is 0.0686 e. The minimum absolute atomic E-state index is 0.252. The molecule has 0 heterocycles. The Morgan fingerprint density at radius 3 is 2.23 bits per heavy atom. The Morgan fingerprint density at radius 1 is 1.23 bits per heavy atom. The first-order chi connectivity index (χ1) is 6.10. The predicted molar refractivity (Wildman–Crippen MR) is 59.6 cm³/mol. The molecule has 2 unspecified atom stereocenters. The minimum atomic E-state index is 0.252. The molecular weight excluding hydrogens is 158 g/mol. The van der Waals surface area contributed by atoms with Crippen molar-refractivity contribution in [3.63, 3.8) is 0 Å². The zero-order valence-corrected chi connectivity index (χ0v) is 9.43. The third kappa shape index (κ3) is 6.66. The van der Waals surface area contributed by atoms with E-state index in [4.69, 9.17) is 6.42 Å². The molecule has 1 nitrogen and oxygen atoms in total. The maximum absolute atomic E-state index is 5.38. The lowest BCUT2D eigenvalue weighted by atomic mass is 10.0. The van der Waals surface area contributed by atoms with Gasteiger partial charge >= 0.3 is 0 Å². The van der Waals surface area contributed by atoms with E-state index >= 15 is 0 Å². The van der Waals surface area contributed by atoms with Crippen LogP contribution in [0.2, 0.25) is 0 Å². The van der Waals surface area contributed by atoms with E-state index in [1.807, 2.05) is 0 Å². The molecule has 0 spiro atoms. The number of terminal acetylenes is 1. The van der Waals surface area contributed by atoms with Crippen LogP contribution in [0.4, 0.5) is 0 Å². The molecule has 76 valence electrons. The summed E-state index contributed by atoms with van der Waals surface area (Å²) in [6, 6.07) is 0.797. The van der Waals surface area contributed by atoms with Crippen LogP contribution in [0.1, 0.15) is 47.0 Å². The molecule has 0 saturated carbocycles. The van der Waals surface area contributed by atoms with E-state index in [-0.39, 0.29) is 6.04 Å². The lowest BCUT2D eigenvalue weighted by Crippen LogP contribution is -2.35. The summed E-state index contributed by atoms with van der Waals surface area (Å²) in [7, 11) is 0. The molecule has 1 heteroatoms. The molecule has 1 N–H and O–H groups in total. The van der Waals surface area contributed by atoms with Crippen molar-refractivity contribution in [1.29, 1.82) is 0 Å². The zero-order chi connectivity index (χ0) is 10.3. The molecule has 0 saturated heterocycles. The second kappa shape index (κ2) is 6.97. The summed E-state index contributed by atoms with van der Waals surface area (Å²) in [4.78, 5) is 0. The molecule has 0 aromatic carbocycles. The number of nitrogens with one attached hydrogen (secondary N) is 1. The van der Waals surface area contributed by atoms with Gasteiger partial charge in [0.15, 0.2) is 0 Å². The summed E-state index contributed by atoms with van der Waals surface area (Å²) >= 11 is 0. The van der Waals surface area contributed by atoms with E-state index < -0.39 is 0 Å². The first-order valence-corrected chi connectivity index (χ1v) is 5.32. The lowest BCUT2D eigenvalue weighted by Gasteiger charge is -2.18. The Morgan fingerprint density at radius 2 is 1.85 bits per heavy atom. The third-order valence-corrected chi connectivity index (χ3v) is 2.27. The molecule has 0 aliphatic heterocycles. The van der Waals surface area contributed by atoms with Crippen LogP contribution in [0.15, 0.2) is 0 Å². The minimum Gasteiger partial charge on any atom is -0.301 e. The molecular formula is C12H23N. The van der Waals surface area contributed by atoms with Crippen LogP contribution in [-0.4, -0.2) is 12.1 Å². The van der Waals surface area contributed by atoms with E-state index in [1.54, 1.807) is 0 Å². The molecule has 0 aliphatic rings. The Kier molecular flexibility index (Phi) is 6.72. The van der Waals surface area contributed by atoms with Crippen LogP contribution >= 0.6 is 0 Å². The SMILES string of the molecule is C#CC(CC)NC(C)CCC(C)C. The van der Waals surface area contributed by atoms with Gasteiger partial charge in [-0.15, -0.1) is 6.42 Å². The summed E-state index contributed by atoms with van der Waals surface area (Å²) in [5.41, 5.74) is 0. The van der Waals surface area contributed by atoms with Gasteiger partial charge < -0.3 is 5.32 Å². The Bertz CT molecular complexity index is 155. The van der Waals surface area contributed by atoms with Crippen molar-refractivity contribution < 1.29 is 0 Å². The summed E-state index contributed by atoms with van der Waals surface area (Å²) in [5, 5.41) is 3.44. The molecule has 0 aromatic rings. The van der Waals surface area contributed by atoms with Crippen LogP contribution in [-0.2, 0) is 0 Å². The molecule has 0 fully saturated rings. The van der Waals surface area contributed by atoms with Gasteiger partial charge in [-0.1, -0.05) is 26.7 Å². The maximum atomic E-state index is 5.38. The molecule has 0 aromatic heterocycles. The lowest BCUT2D eigenvalue weighted by molar-refractivity contribution is 0.427. The topological polar surface area (TPSA) is 12.0 Å². The van der Waals surface area contributed by atoms with Gasteiger partial charge in [0, 0.05) is 6.04 Å². The maximum Gasteiger partial charge on any atom is 0.0686 e. The molecule has 0 aliphatic carbocycles. The second-order valence-electron chi connectivity index (χ2n) is 4.17. The van der Waals surface area contributed by atoms with E-state index in [2.05, 4.69) is 38.9 Å².